The molecule has 3 rings (SSSR count). The molecule has 2 aromatic carbocycles. The highest BCUT2D eigenvalue weighted by atomic mass is 16.5. The first-order chi connectivity index (χ1) is 13.1. The van der Waals surface area contributed by atoms with Gasteiger partial charge in [0.25, 0.3) is 0 Å². The molecule has 27 heavy (non-hydrogen) atoms. The van der Waals surface area contributed by atoms with Gasteiger partial charge in [-0.3, -0.25) is 9.59 Å². The van der Waals surface area contributed by atoms with Gasteiger partial charge in [-0.1, -0.05) is 0 Å². The molecule has 0 saturated carbocycles. The average molecular weight is 366 g/mol. The van der Waals surface area contributed by atoms with Gasteiger partial charge in [0.1, 0.15) is 5.75 Å². The number of ether oxygens (including phenoxy) is 1. The molecule has 0 unspecified atom stereocenters. The summed E-state index contributed by atoms with van der Waals surface area (Å²) in [5.41, 5.74) is 2.70. The Bertz CT molecular complexity index is 763. The number of carbonyl (C=O) groups excluding carboxylic acids is 2. The standard InChI is InChI=1S/C22H26N2O3/c1-17(25)18-6-12-21(13-7-18)27-16-4-5-22(26)23-19-8-10-20(11-9-19)24-14-2-3-15-24/h6-13H,2-5,14-16H2,1H3,(H,23,26). The Morgan fingerprint density at radius 3 is 2.30 bits per heavy atom. The summed E-state index contributed by atoms with van der Waals surface area (Å²) in [5.74, 6) is 0.726. The molecule has 1 saturated heterocycles. The molecule has 0 bridgehead atoms. The Kier molecular flexibility index (Phi) is 6.47. The second kappa shape index (κ2) is 9.21. The summed E-state index contributed by atoms with van der Waals surface area (Å²) >= 11 is 0. The molecule has 1 fully saturated rings. The van der Waals surface area contributed by atoms with E-state index in [1.807, 2.05) is 12.1 Å². The van der Waals surface area contributed by atoms with Crippen molar-refractivity contribution in [2.75, 3.05) is 29.9 Å². The van der Waals surface area contributed by atoms with Gasteiger partial charge in [0, 0.05) is 36.4 Å². The molecule has 142 valence electrons. The van der Waals surface area contributed by atoms with Crippen LogP contribution in [0.4, 0.5) is 11.4 Å². The highest BCUT2D eigenvalue weighted by Gasteiger charge is 2.12. The zero-order valence-electron chi connectivity index (χ0n) is 15.7. The van der Waals surface area contributed by atoms with Crippen LogP contribution < -0.4 is 15.0 Å². The molecule has 5 nitrogen and oxygen atoms in total. The number of carbonyl (C=O) groups is 2. The number of hydrogen-bond acceptors (Lipinski definition) is 4. The van der Waals surface area contributed by atoms with Crippen LogP contribution in [0.1, 0.15) is 43.0 Å². The minimum absolute atomic E-state index is 0.0144. The van der Waals surface area contributed by atoms with E-state index >= 15 is 0 Å². The molecule has 0 radical (unpaired) electrons. The quantitative estimate of drug-likeness (QED) is 0.559. The van der Waals surface area contributed by atoms with E-state index in [1.54, 1.807) is 24.3 Å². The molecule has 1 aliphatic rings. The molecule has 2 aromatic rings. The summed E-state index contributed by atoms with van der Waals surface area (Å²) in [6.07, 6.45) is 3.54. The number of anilines is 2. The van der Waals surface area contributed by atoms with Crippen LogP contribution in [-0.2, 0) is 4.79 Å². The Hall–Kier alpha value is -2.82. The number of amides is 1. The van der Waals surface area contributed by atoms with Crippen molar-refractivity contribution in [2.45, 2.75) is 32.6 Å². The van der Waals surface area contributed by atoms with Crippen LogP contribution in [0.25, 0.3) is 0 Å². The summed E-state index contributed by atoms with van der Waals surface area (Å²) in [7, 11) is 0. The second-order valence-electron chi connectivity index (χ2n) is 6.82. The van der Waals surface area contributed by atoms with Crippen LogP contribution in [0.3, 0.4) is 0 Å². The van der Waals surface area contributed by atoms with Crippen molar-refractivity contribution in [1.29, 1.82) is 0 Å². The zero-order chi connectivity index (χ0) is 19.1. The smallest absolute Gasteiger partial charge is 0.224 e. The van der Waals surface area contributed by atoms with Gasteiger partial charge >= 0.3 is 0 Å². The van der Waals surface area contributed by atoms with E-state index in [9.17, 15) is 9.59 Å². The van der Waals surface area contributed by atoms with Crippen LogP contribution in [0.2, 0.25) is 0 Å². The van der Waals surface area contributed by atoms with Crippen molar-refractivity contribution in [2.24, 2.45) is 0 Å². The first kappa shape index (κ1) is 19.0. The Morgan fingerprint density at radius 2 is 1.67 bits per heavy atom. The molecule has 0 atom stereocenters. The van der Waals surface area contributed by atoms with Gasteiger partial charge in [-0.05, 0) is 74.7 Å². The van der Waals surface area contributed by atoms with E-state index in [4.69, 9.17) is 4.74 Å². The number of ketones is 1. The van der Waals surface area contributed by atoms with Crippen LogP contribution in [0.15, 0.2) is 48.5 Å². The van der Waals surface area contributed by atoms with E-state index in [1.165, 1.54) is 25.5 Å². The largest absolute Gasteiger partial charge is 0.494 e. The molecule has 1 N–H and O–H groups in total. The van der Waals surface area contributed by atoms with E-state index in [0.717, 1.165) is 18.8 Å². The third-order valence-corrected chi connectivity index (χ3v) is 4.70. The Morgan fingerprint density at radius 1 is 1.00 bits per heavy atom. The first-order valence-electron chi connectivity index (χ1n) is 9.50. The molecule has 1 heterocycles. The highest BCUT2D eigenvalue weighted by molar-refractivity contribution is 5.94. The number of benzene rings is 2. The third-order valence-electron chi connectivity index (χ3n) is 4.70. The monoisotopic (exact) mass is 366 g/mol. The lowest BCUT2D eigenvalue weighted by Gasteiger charge is -2.17. The number of rotatable bonds is 8. The molecular weight excluding hydrogens is 340 g/mol. The predicted octanol–water partition coefficient (Wildman–Crippen LogP) is 4.29. The minimum atomic E-state index is -0.0144. The maximum Gasteiger partial charge on any atom is 0.224 e. The second-order valence-corrected chi connectivity index (χ2v) is 6.82. The van der Waals surface area contributed by atoms with Crippen LogP contribution in [0, 0.1) is 0 Å². The van der Waals surface area contributed by atoms with E-state index < -0.39 is 0 Å². The van der Waals surface area contributed by atoms with E-state index in [-0.39, 0.29) is 11.7 Å². The van der Waals surface area contributed by atoms with Gasteiger partial charge in [0.05, 0.1) is 6.61 Å². The van der Waals surface area contributed by atoms with Gasteiger partial charge in [-0.15, -0.1) is 0 Å². The first-order valence-corrected chi connectivity index (χ1v) is 9.50. The van der Waals surface area contributed by atoms with Crippen molar-refractivity contribution in [3.63, 3.8) is 0 Å². The fraction of sp³-hybridized carbons (Fsp3) is 0.364. The lowest BCUT2D eigenvalue weighted by atomic mass is 10.1. The summed E-state index contributed by atoms with van der Waals surface area (Å²) in [6.45, 7) is 4.22. The van der Waals surface area contributed by atoms with E-state index in [0.29, 0.717) is 30.8 Å². The van der Waals surface area contributed by atoms with E-state index in [2.05, 4.69) is 22.3 Å². The predicted molar refractivity (Wildman–Crippen MR) is 108 cm³/mol. The van der Waals surface area contributed by atoms with Crippen molar-refractivity contribution in [1.82, 2.24) is 0 Å². The zero-order valence-corrected chi connectivity index (χ0v) is 15.7. The topological polar surface area (TPSA) is 58.6 Å². The average Bonchev–Trinajstić information content (AvgIpc) is 3.21. The summed E-state index contributed by atoms with van der Waals surface area (Å²) in [6, 6.07) is 15.1. The van der Waals surface area contributed by atoms with Gasteiger partial charge in [-0.2, -0.15) is 0 Å². The minimum Gasteiger partial charge on any atom is -0.494 e. The number of nitrogens with one attached hydrogen (secondary N) is 1. The van der Waals surface area contributed by atoms with Crippen LogP contribution >= 0.6 is 0 Å². The highest BCUT2D eigenvalue weighted by Crippen LogP contribution is 2.22. The van der Waals surface area contributed by atoms with Crippen molar-refractivity contribution in [3.8, 4) is 5.75 Å². The lowest BCUT2D eigenvalue weighted by Crippen LogP contribution is -2.17. The Labute approximate surface area is 160 Å². The fourth-order valence-corrected chi connectivity index (χ4v) is 3.16. The molecule has 0 aromatic heterocycles. The maximum atomic E-state index is 12.1. The summed E-state index contributed by atoms with van der Waals surface area (Å²) in [5, 5.41) is 2.93. The van der Waals surface area contributed by atoms with Gasteiger partial charge in [0.15, 0.2) is 5.78 Å². The van der Waals surface area contributed by atoms with Crippen molar-refractivity contribution < 1.29 is 14.3 Å². The summed E-state index contributed by atoms with van der Waals surface area (Å²) in [4.78, 5) is 25.7. The van der Waals surface area contributed by atoms with Gasteiger partial charge < -0.3 is 15.0 Å². The summed E-state index contributed by atoms with van der Waals surface area (Å²) < 4.78 is 5.62. The SMILES string of the molecule is CC(=O)c1ccc(OCCCC(=O)Nc2ccc(N3CCCC3)cc2)cc1. The van der Waals surface area contributed by atoms with Crippen LogP contribution in [-0.4, -0.2) is 31.4 Å². The Balaban J connectivity index is 1.37. The van der Waals surface area contributed by atoms with Gasteiger partial charge in [-0.25, -0.2) is 0 Å². The molecule has 1 aliphatic heterocycles. The van der Waals surface area contributed by atoms with Crippen LogP contribution in [0.5, 0.6) is 5.75 Å². The number of hydrogen-bond donors (Lipinski definition) is 1. The molecule has 0 spiro atoms. The fourth-order valence-electron chi connectivity index (χ4n) is 3.16. The van der Waals surface area contributed by atoms with Crippen molar-refractivity contribution in [3.05, 3.63) is 54.1 Å². The number of Topliss-reactive ketones (excluding diaryl/α,β-unsaturated/α-hetero) is 1. The molecular formula is C22H26N2O3. The lowest BCUT2D eigenvalue weighted by molar-refractivity contribution is -0.116. The molecule has 0 aliphatic carbocycles. The molecule has 1 amide bonds. The molecule has 5 heteroatoms. The number of nitrogens with zero attached hydrogens (tertiary/aromatic N) is 1. The van der Waals surface area contributed by atoms with Gasteiger partial charge in [0.2, 0.25) is 5.91 Å². The normalized spacial score (nSPS) is 13.4. The third kappa shape index (κ3) is 5.58. The maximum absolute atomic E-state index is 12.1. The van der Waals surface area contributed by atoms with Crippen molar-refractivity contribution >= 4 is 23.1 Å².